The van der Waals surface area contributed by atoms with E-state index in [4.69, 9.17) is 5.11 Å². The summed E-state index contributed by atoms with van der Waals surface area (Å²) in [6.07, 6.45) is 0.0126. The molecule has 8 nitrogen and oxygen atoms in total. The molecule has 0 fully saturated rings. The number of rotatable bonds is 4. The van der Waals surface area contributed by atoms with Gasteiger partial charge < -0.3 is 10.0 Å². The first-order valence-corrected chi connectivity index (χ1v) is 6.73. The molecule has 0 atom stereocenters. The van der Waals surface area contributed by atoms with Crippen LogP contribution in [0.3, 0.4) is 0 Å². The summed E-state index contributed by atoms with van der Waals surface area (Å²) in [5.74, 6) is -1.40. The zero-order valence-corrected chi connectivity index (χ0v) is 12.9. The molecule has 0 aliphatic rings. The maximum atomic E-state index is 12.1. The van der Waals surface area contributed by atoms with Gasteiger partial charge >= 0.3 is 5.97 Å². The van der Waals surface area contributed by atoms with E-state index in [1.54, 1.807) is 25.6 Å². The predicted octanol–water partition coefficient (Wildman–Crippen LogP) is -0.0361. The Kier molecular flexibility index (Phi) is 4.03. The van der Waals surface area contributed by atoms with Gasteiger partial charge in [0, 0.05) is 19.8 Å². The van der Waals surface area contributed by atoms with Crippen LogP contribution in [0, 0.1) is 13.8 Å². The summed E-state index contributed by atoms with van der Waals surface area (Å²) in [6.45, 7) is 3.17. The summed E-state index contributed by atoms with van der Waals surface area (Å²) in [5.41, 5.74) is 2.29. The normalized spacial score (nSPS) is 10.9. The van der Waals surface area contributed by atoms with Crippen molar-refractivity contribution in [1.29, 1.82) is 0 Å². The molecule has 1 amide bonds. The second kappa shape index (κ2) is 5.63. The number of amides is 1. The van der Waals surface area contributed by atoms with E-state index in [0.717, 1.165) is 4.90 Å². The Morgan fingerprint density at radius 1 is 1.36 bits per heavy atom. The largest absolute Gasteiger partial charge is 0.480 e. The molecule has 0 aliphatic heterocycles. The number of carbonyl (C=O) groups is 2. The summed E-state index contributed by atoms with van der Waals surface area (Å²) in [4.78, 5) is 40.3. The highest BCUT2D eigenvalue weighted by Gasteiger charge is 2.19. The number of carbonyl (C=O) groups excluding carboxylic acids is 1. The third kappa shape index (κ3) is 2.72. The van der Waals surface area contributed by atoms with Gasteiger partial charge in [0.15, 0.2) is 5.65 Å². The number of likely N-dealkylation sites (N-methyl/N-ethyl adjacent to an activating group) is 1. The number of nitrogens with zero attached hydrogens (tertiary/aromatic N) is 3. The molecule has 0 saturated heterocycles. The van der Waals surface area contributed by atoms with Crippen LogP contribution in [0.4, 0.5) is 0 Å². The molecule has 8 heteroatoms. The Hall–Kier alpha value is -2.64. The average molecular weight is 306 g/mol. The van der Waals surface area contributed by atoms with Crippen LogP contribution in [0.25, 0.3) is 11.0 Å². The van der Waals surface area contributed by atoms with Crippen LogP contribution in [0.1, 0.15) is 16.8 Å². The van der Waals surface area contributed by atoms with Crippen LogP contribution in [0.2, 0.25) is 0 Å². The first-order chi connectivity index (χ1) is 10.2. The molecule has 118 valence electrons. The molecule has 0 radical (unpaired) electrons. The lowest BCUT2D eigenvalue weighted by molar-refractivity contribution is -0.143. The van der Waals surface area contributed by atoms with Crippen molar-refractivity contribution in [3.63, 3.8) is 0 Å². The monoisotopic (exact) mass is 306 g/mol. The Morgan fingerprint density at radius 3 is 2.59 bits per heavy atom. The van der Waals surface area contributed by atoms with Crippen molar-refractivity contribution in [2.45, 2.75) is 20.3 Å². The van der Waals surface area contributed by atoms with Crippen LogP contribution in [0.5, 0.6) is 0 Å². The van der Waals surface area contributed by atoms with Gasteiger partial charge in [-0.15, -0.1) is 0 Å². The fourth-order valence-corrected chi connectivity index (χ4v) is 2.49. The van der Waals surface area contributed by atoms with Gasteiger partial charge in [0.1, 0.15) is 6.54 Å². The number of aryl methyl sites for hydroxylation is 3. The molecule has 2 aromatic rings. The SMILES string of the molecule is Cc1nc2c(c(C)c1CC(=O)N(C)CC(=O)O)c(=O)[nH]n2C. The van der Waals surface area contributed by atoms with E-state index in [1.807, 2.05) is 0 Å². The fourth-order valence-electron chi connectivity index (χ4n) is 2.49. The minimum atomic E-state index is -1.07. The molecule has 2 N–H and O–H groups in total. The highest BCUT2D eigenvalue weighted by Crippen LogP contribution is 2.20. The van der Waals surface area contributed by atoms with Gasteiger partial charge in [0.25, 0.3) is 5.56 Å². The lowest BCUT2D eigenvalue weighted by Crippen LogP contribution is -2.33. The highest BCUT2D eigenvalue weighted by molar-refractivity contribution is 5.86. The quantitative estimate of drug-likeness (QED) is 0.824. The second-order valence-corrected chi connectivity index (χ2v) is 5.32. The standard InChI is InChI=1S/C14H18N4O4/c1-7-9(5-10(19)17(3)6-11(20)21)8(2)15-13-12(7)14(22)16-18(13)4/h5-6H2,1-4H3,(H,16,22)(H,20,21). The maximum Gasteiger partial charge on any atom is 0.323 e. The number of H-pyrrole nitrogens is 1. The Labute approximate surface area is 126 Å². The topological polar surface area (TPSA) is 108 Å². The molecule has 2 aromatic heterocycles. The van der Waals surface area contributed by atoms with Crippen molar-refractivity contribution < 1.29 is 14.7 Å². The van der Waals surface area contributed by atoms with E-state index in [9.17, 15) is 14.4 Å². The molecule has 2 rings (SSSR count). The lowest BCUT2D eigenvalue weighted by atomic mass is 10.0. The molecule has 0 saturated carbocycles. The number of aliphatic carboxylic acids is 1. The summed E-state index contributed by atoms with van der Waals surface area (Å²) >= 11 is 0. The molecule has 0 aromatic carbocycles. The molecule has 22 heavy (non-hydrogen) atoms. The molecule has 0 bridgehead atoms. The number of carboxylic acids is 1. The number of nitrogens with one attached hydrogen (secondary N) is 1. The van der Waals surface area contributed by atoms with Gasteiger partial charge in [-0.1, -0.05) is 0 Å². The second-order valence-electron chi connectivity index (χ2n) is 5.32. The van der Waals surface area contributed by atoms with Crippen LogP contribution >= 0.6 is 0 Å². The number of pyridine rings is 1. The number of hydrogen-bond donors (Lipinski definition) is 2. The first-order valence-electron chi connectivity index (χ1n) is 6.73. The third-order valence-corrected chi connectivity index (χ3v) is 3.70. The summed E-state index contributed by atoms with van der Waals surface area (Å²) in [6, 6.07) is 0. The van der Waals surface area contributed by atoms with Crippen molar-refractivity contribution in [2.24, 2.45) is 7.05 Å². The Morgan fingerprint density at radius 2 is 2.00 bits per heavy atom. The molecular formula is C14H18N4O4. The van der Waals surface area contributed by atoms with E-state index >= 15 is 0 Å². The van der Waals surface area contributed by atoms with E-state index in [-0.39, 0.29) is 24.4 Å². The van der Waals surface area contributed by atoms with Gasteiger partial charge in [-0.25, -0.2) is 4.98 Å². The number of carboxylic acid groups (broad SMARTS) is 1. The van der Waals surface area contributed by atoms with Crippen molar-refractivity contribution in [1.82, 2.24) is 19.7 Å². The van der Waals surface area contributed by atoms with Gasteiger partial charge in [0.05, 0.1) is 11.8 Å². The predicted molar refractivity (Wildman–Crippen MR) is 79.8 cm³/mol. The van der Waals surface area contributed by atoms with Crippen molar-refractivity contribution in [2.75, 3.05) is 13.6 Å². The van der Waals surface area contributed by atoms with Gasteiger partial charge in [-0.05, 0) is 25.0 Å². The average Bonchev–Trinajstić information content (AvgIpc) is 2.68. The molecule has 0 spiro atoms. The van der Waals surface area contributed by atoms with Gasteiger partial charge in [-0.2, -0.15) is 0 Å². The van der Waals surface area contributed by atoms with Crippen molar-refractivity contribution in [3.05, 3.63) is 27.2 Å². The molecular weight excluding hydrogens is 288 g/mol. The number of aromatic nitrogens is 3. The summed E-state index contributed by atoms with van der Waals surface area (Å²) < 4.78 is 1.54. The number of fused-ring (bicyclic) bond motifs is 1. The number of hydrogen-bond acceptors (Lipinski definition) is 4. The maximum absolute atomic E-state index is 12.1. The zero-order chi connectivity index (χ0) is 16.6. The van der Waals surface area contributed by atoms with E-state index in [1.165, 1.54) is 7.05 Å². The Bertz CT molecular complexity index is 818. The van der Waals surface area contributed by atoms with Gasteiger partial charge in [-0.3, -0.25) is 24.2 Å². The first kappa shape index (κ1) is 15.7. The summed E-state index contributed by atoms with van der Waals surface area (Å²) in [7, 11) is 3.13. The lowest BCUT2D eigenvalue weighted by Gasteiger charge is -2.16. The fraction of sp³-hybridized carbons (Fsp3) is 0.429. The molecule has 0 aliphatic carbocycles. The molecule has 2 heterocycles. The highest BCUT2D eigenvalue weighted by atomic mass is 16.4. The van der Waals surface area contributed by atoms with E-state index in [0.29, 0.717) is 27.9 Å². The zero-order valence-electron chi connectivity index (χ0n) is 12.9. The van der Waals surface area contributed by atoms with Crippen molar-refractivity contribution >= 4 is 22.9 Å². The van der Waals surface area contributed by atoms with E-state index < -0.39 is 5.97 Å². The Balaban J connectivity index is 2.44. The van der Waals surface area contributed by atoms with Crippen LogP contribution in [0.15, 0.2) is 4.79 Å². The van der Waals surface area contributed by atoms with Crippen LogP contribution in [-0.2, 0) is 23.1 Å². The van der Waals surface area contributed by atoms with Gasteiger partial charge in [0.2, 0.25) is 5.91 Å². The summed E-state index contributed by atoms with van der Waals surface area (Å²) in [5, 5.41) is 11.8. The van der Waals surface area contributed by atoms with Crippen LogP contribution in [-0.4, -0.2) is 50.2 Å². The van der Waals surface area contributed by atoms with E-state index in [2.05, 4.69) is 10.1 Å². The molecule has 0 unspecified atom stereocenters. The van der Waals surface area contributed by atoms with Crippen LogP contribution < -0.4 is 5.56 Å². The van der Waals surface area contributed by atoms with Crippen molar-refractivity contribution in [3.8, 4) is 0 Å². The minimum absolute atomic E-state index is 0.0126. The smallest absolute Gasteiger partial charge is 0.323 e. The third-order valence-electron chi connectivity index (χ3n) is 3.70. The number of aromatic amines is 1. The minimum Gasteiger partial charge on any atom is -0.480 e.